The van der Waals surface area contributed by atoms with E-state index in [-0.39, 0.29) is 11.7 Å². The summed E-state index contributed by atoms with van der Waals surface area (Å²) in [4.78, 5) is 23.5. The van der Waals surface area contributed by atoms with Crippen LogP contribution in [0, 0.1) is 11.8 Å². The van der Waals surface area contributed by atoms with Crippen molar-refractivity contribution in [3.05, 3.63) is 0 Å². The zero-order valence-corrected chi connectivity index (χ0v) is 6.32. The van der Waals surface area contributed by atoms with Crippen molar-refractivity contribution in [1.82, 2.24) is 4.90 Å². The lowest BCUT2D eigenvalue weighted by molar-refractivity contribution is -0.133. The van der Waals surface area contributed by atoms with Crippen molar-refractivity contribution in [2.75, 3.05) is 19.6 Å². The predicted molar refractivity (Wildman–Crippen MR) is 39.1 cm³/mol. The zero-order valence-electron chi connectivity index (χ0n) is 6.32. The summed E-state index contributed by atoms with van der Waals surface area (Å²) >= 11 is 0. The van der Waals surface area contributed by atoms with Crippen molar-refractivity contribution in [2.45, 2.75) is 6.42 Å². The van der Waals surface area contributed by atoms with Crippen LogP contribution in [-0.4, -0.2) is 36.6 Å². The lowest BCUT2D eigenvalue weighted by Crippen LogP contribution is -2.29. The first-order valence-corrected chi connectivity index (χ1v) is 4.02. The molecule has 3 heteroatoms. The van der Waals surface area contributed by atoms with E-state index in [2.05, 4.69) is 4.90 Å². The van der Waals surface area contributed by atoms with E-state index >= 15 is 0 Å². The molecule has 2 rings (SSSR count). The molecule has 2 aliphatic heterocycles. The van der Waals surface area contributed by atoms with E-state index in [1.165, 1.54) is 0 Å². The second-order valence-corrected chi connectivity index (χ2v) is 3.44. The van der Waals surface area contributed by atoms with Gasteiger partial charge in [-0.25, -0.2) is 0 Å². The summed E-state index contributed by atoms with van der Waals surface area (Å²) in [5, 5.41) is 0. The minimum atomic E-state index is -0.197. The standard InChI is InChI=1S/C8H11NO2/c10-5-8(11)7-4-9-2-1-6(7)3-9/h5-7H,1-4H2. The van der Waals surface area contributed by atoms with Gasteiger partial charge in [0.1, 0.15) is 0 Å². The first-order valence-electron chi connectivity index (χ1n) is 4.02. The van der Waals surface area contributed by atoms with Crippen LogP contribution in [-0.2, 0) is 9.59 Å². The Morgan fingerprint density at radius 3 is 2.73 bits per heavy atom. The molecular formula is C8H11NO2. The summed E-state index contributed by atoms with van der Waals surface area (Å²) in [6, 6.07) is 0. The molecule has 3 nitrogen and oxygen atoms in total. The third-order valence-electron chi connectivity index (χ3n) is 2.81. The third kappa shape index (κ3) is 0.997. The van der Waals surface area contributed by atoms with Gasteiger partial charge in [-0.05, 0) is 18.9 Å². The number of Topliss-reactive ketones (excluding diaryl/α,β-unsaturated/α-hetero) is 1. The van der Waals surface area contributed by atoms with E-state index in [1.54, 1.807) is 0 Å². The minimum absolute atomic E-state index is 0.0289. The molecule has 11 heavy (non-hydrogen) atoms. The van der Waals surface area contributed by atoms with Crippen molar-refractivity contribution in [3.8, 4) is 0 Å². The second-order valence-electron chi connectivity index (χ2n) is 3.44. The number of nitrogens with zero attached hydrogens (tertiary/aromatic N) is 1. The molecule has 0 amide bonds. The number of hydrogen-bond acceptors (Lipinski definition) is 3. The zero-order chi connectivity index (χ0) is 7.84. The van der Waals surface area contributed by atoms with Gasteiger partial charge in [-0.15, -0.1) is 0 Å². The van der Waals surface area contributed by atoms with Crippen LogP contribution >= 0.6 is 0 Å². The normalized spacial score (nSPS) is 40.9. The van der Waals surface area contributed by atoms with E-state index < -0.39 is 0 Å². The van der Waals surface area contributed by atoms with Crippen molar-refractivity contribution < 1.29 is 9.59 Å². The Balaban J connectivity index is 2.07. The topological polar surface area (TPSA) is 37.4 Å². The molecule has 0 aromatic carbocycles. The number of fused-ring (bicyclic) bond motifs is 2. The number of carbonyl (C=O) groups is 2. The second kappa shape index (κ2) is 2.41. The SMILES string of the molecule is O=CC(=O)C1CN2CCC1C2. The maximum Gasteiger partial charge on any atom is 0.199 e. The third-order valence-corrected chi connectivity index (χ3v) is 2.81. The van der Waals surface area contributed by atoms with Gasteiger partial charge in [-0.1, -0.05) is 0 Å². The summed E-state index contributed by atoms with van der Waals surface area (Å²) < 4.78 is 0. The molecule has 3 unspecified atom stereocenters. The molecule has 0 N–H and O–H groups in total. The van der Waals surface area contributed by atoms with Crippen molar-refractivity contribution in [3.63, 3.8) is 0 Å². The smallest absolute Gasteiger partial charge is 0.199 e. The monoisotopic (exact) mass is 153 g/mol. The quantitative estimate of drug-likeness (QED) is 0.404. The van der Waals surface area contributed by atoms with Crippen LogP contribution in [0.15, 0.2) is 0 Å². The van der Waals surface area contributed by atoms with Gasteiger partial charge in [0.2, 0.25) is 0 Å². The number of piperidine rings is 1. The summed E-state index contributed by atoms with van der Waals surface area (Å²) in [6.45, 7) is 2.97. The molecule has 0 aromatic rings. The van der Waals surface area contributed by atoms with Gasteiger partial charge in [-0.2, -0.15) is 0 Å². The van der Waals surface area contributed by atoms with Crippen LogP contribution in [0.4, 0.5) is 0 Å². The summed E-state index contributed by atoms with van der Waals surface area (Å²) in [5.74, 6) is 0.311. The lowest BCUT2D eigenvalue weighted by atomic mass is 9.89. The summed E-state index contributed by atoms with van der Waals surface area (Å²) in [7, 11) is 0. The Morgan fingerprint density at radius 1 is 1.45 bits per heavy atom. The fourth-order valence-electron chi connectivity index (χ4n) is 2.19. The van der Waals surface area contributed by atoms with Gasteiger partial charge in [0.25, 0.3) is 0 Å². The molecule has 0 radical (unpaired) electrons. The fourth-order valence-corrected chi connectivity index (χ4v) is 2.19. The van der Waals surface area contributed by atoms with Crippen LogP contribution in [0.5, 0.6) is 0 Å². The average Bonchev–Trinajstić information content (AvgIpc) is 2.62. The molecule has 0 saturated carbocycles. The van der Waals surface area contributed by atoms with E-state index in [0.717, 1.165) is 26.1 Å². The number of hydrogen-bond donors (Lipinski definition) is 0. The molecule has 2 heterocycles. The van der Waals surface area contributed by atoms with Gasteiger partial charge >= 0.3 is 0 Å². The highest BCUT2D eigenvalue weighted by Crippen LogP contribution is 2.32. The van der Waals surface area contributed by atoms with Gasteiger partial charge in [0.05, 0.1) is 0 Å². The molecule has 2 aliphatic rings. The van der Waals surface area contributed by atoms with Crippen LogP contribution < -0.4 is 0 Å². The van der Waals surface area contributed by atoms with Gasteiger partial charge < -0.3 is 4.90 Å². The van der Waals surface area contributed by atoms with Crippen molar-refractivity contribution in [1.29, 1.82) is 0 Å². The highest BCUT2D eigenvalue weighted by atomic mass is 16.2. The van der Waals surface area contributed by atoms with Crippen LogP contribution in [0.1, 0.15) is 6.42 Å². The van der Waals surface area contributed by atoms with Crippen LogP contribution in [0.2, 0.25) is 0 Å². The number of carbonyl (C=O) groups excluding carboxylic acids is 2. The maximum absolute atomic E-state index is 11.0. The average molecular weight is 153 g/mol. The predicted octanol–water partition coefficient (Wildman–Crippen LogP) is -0.294. The Morgan fingerprint density at radius 2 is 2.27 bits per heavy atom. The maximum atomic E-state index is 11.0. The van der Waals surface area contributed by atoms with E-state index in [4.69, 9.17) is 0 Å². The number of rotatable bonds is 2. The Hall–Kier alpha value is -0.700. The molecule has 0 aliphatic carbocycles. The van der Waals surface area contributed by atoms with Gasteiger partial charge in [-0.3, -0.25) is 9.59 Å². The van der Waals surface area contributed by atoms with Crippen molar-refractivity contribution >= 4 is 12.1 Å². The molecule has 2 fully saturated rings. The Bertz CT molecular complexity index is 202. The van der Waals surface area contributed by atoms with Crippen LogP contribution in [0.25, 0.3) is 0 Å². The highest BCUT2D eigenvalue weighted by molar-refractivity contribution is 6.26. The molecule has 0 aromatic heterocycles. The van der Waals surface area contributed by atoms with Gasteiger partial charge in [0.15, 0.2) is 12.1 Å². The first kappa shape index (κ1) is 6.98. The lowest BCUT2D eigenvalue weighted by Gasteiger charge is -2.18. The summed E-state index contributed by atoms with van der Waals surface area (Å²) in [5.41, 5.74) is 0. The molecule has 0 spiro atoms. The molecule has 2 bridgehead atoms. The molecular weight excluding hydrogens is 142 g/mol. The van der Waals surface area contributed by atoms with Crippen LogP contribution in [0.3, 0.4) is 0 Å². The number of aldehydes is 1. The fraction of sp³-hybridized carbons (Fsp3) is 0.750. The number of ketones is 1. The van der Waals surface area contributed by atoms with Gasteiger partial charge in [0, 0.05) is 19.0 Å². The molecule has 3 atom stereocenters. The van der Waals surface area contributed by atoms with E-state index in [0.29, 0.717) is 12.2 Å². The van der Waals surface area contributed by atoms with Crippen molar-refractivity contribution in [2.24, 2.45) is 11.8 Å². The molecule has 60 valence electrons. The largest absolute Gasteiger partial charge is 0.302 e. The van der Waals surface area contributed by atoms with E-state index in [1.807, 2.05) is 0 Å². The van der Waals surface area contributed by atoms with E-state index in [9.17, 15) is 9.59 Å². The summed E-state index contributed by atoms with van der Waals surface area (Å²) in [6.07, 6.45) is 1.58. The Kier molecular flexibility index (Phi) is 1.53. The highest BCUT2D eigenvalue weighted by Gasteiger charge is 2.41. The minimum Gasteiger partial charge on any atom is -0.302 e. The molecule has 2 saturated heterocycles. The first-order chi connectivity index (χ1) is 5.31. The Labute approximate surface area is 65.4 Å².